The molecule has 0 heterocycles. The molecule has 0 aliphatic rings. The van der Waals surface area contributed by atoms with E-state index in [9.17, 15) is 9.59 Å². The normalized spacial score (nSPS) is 11.9. The highest BCUT2D eigenvalue weighted by molar-refractivity contribution is 9.10. The molecule has 2 aromatic rings. The molecule has 2 rings (SSSR count). The fourth-order valence-corrected chi connectivity index (χ4v) is 4.31. The van der Waals surface area contributed by atoms with Crippen molar-refractivity contribution in [3.05, 3.63) is 62.0 Å². The highest BCUT2D eigenvalue weighted by Gasteiger charge is 2.29. The van der Waals surface area contributed by atoms with Crippen molar-refractivity contribution >= 4 is 50.9 Å². The van der Waals surface area contributed by atoms with Gasteiger partial charge in [-0.25, -0.2) is 0 Å². The van der Waals surface area contributed by atoms with E-state index in [1.54, 1.807) is 18.2 Å². The molecule has 0 saturated heterocycles. The van der Waals surface area contributed by atoms with E-state index in [-0.39, 0.29) is 25.0 Å². The first kappa shape index (κ1) is 27.5. The van der Waals surface area contributed by atoms with Gasteiger partial charge in [-0.15, -0.1) is 0 Å². The topological polar surface area (TPSA) is 58.6 Å². The lowest BCUT2D eigenvalue weighted by Crippen LogP contribution is -2.50. The van der Waals surface area contributed by atoms with Crippen LogP contribution < -0.4 is 10.1 Å². The fraction of sp³-hybridized carbons (Fsp3) is 0.440. The molecule has 0 fully saturated rings. The fourth-order valence-electron chi connectivity index (χ4n) is 3.33. The largest absolute Gasteiger partial charge is 0.483 e. The van der Waals surface area contributed by atoms with Crippen molar-refractivity contribution in [2.45, 2.75) is 59.0 Å². The van der Waals surface area contributed by atoms with Gasteiger partial charge in [-0.05, 0) is 70.1 Å². The van der Waals surface area contributed by atoms with E-state index >= 15 is 0 Å². The molecule has 1 N–H and O–H groups in total. The number of carbonyl (C=O) groups is 2. The van der Waals surface area contributed by atoms with E-state index in [4.69, 9.17) is 27.9 Å². The molecular weight excluding hydrogens is 527 g/mol. The Bertz CT molecular complexity index is 969. The molecule has 0 radical (unpaired) electrons. The van der Waals surface area contributed by atoms with Gasteiger partial charge >= 0.3 is 0 Å². The number of amides is 2. The molecule has 5 nitrogen and oxygen atoms in total. The second-order valence-corrected chi connectivity index (χ2v) is 9.80. The summed E-state index contributed by atoms with van der Waals surface area (Å²) in [4.78, 5) is 27.7. The first-order valence-electron chi connectivity index (χ1n) is 11.1. The predicted molar refractivity (Wildman–Crippen MR) is 138 cm³/mol. The summed E-state index contributed by atoms with van der Waals surface area (Å²) in [5.41, 5.74) is 1.87. The molecule has 1 atom stereocenters. The average molecular weight is 558 g/mol. The number of halogens is 3. The highest BCUT2D eigenvalue weighted by atomic mass is 79.9. The van der Waals surface area contributed by atoms with Crippen LogP contribution in [0.5, 0.6) is 5.75 Å². The molecule has 0 spiro atoms. The van der Waals surface area contributed by atoms with Crippen LogP contribution in [0.1, 0.15) is 57.6 Å². The molecule has 33 heavy (non-hydrogen) atoms. The Morgan fingerprint density at radius 2 is 1.85 bits per heavy atom. The van der Waals surface area contributed by atoms with Crippen molar-refractivity contribution in [1.29, 1.82) is 0 Å². The van der Waals surface area contributed by atoms with Crippen LogP contribution in [0, 0.1) is 0 Å². The van der Waals surface area contributed by atoms with Crippen molar-refractivity contribution in [2.24, 2.45) is 0 Å². The quantitative estimate of drug-likeness (QED) is 0.339. The lowest BCUT2D eigenvalue weighted by molar-refractivity contribution is -0.143. The van der Waals surface area contributed by atoms with Crippen molar-refractivity contribution in [2.75, 3.05) is 13.2 Å². The summed E-state index contributed by atoms with van der Waals surface area (Å²) in [6, 6.07) is 10.3. The Morgan fingerprint density at radius 1 is 1.12 bits per heavy atom. The Labute approximate surface area is 214 Å². The van der Waals surface area contributed by atoms with Crippen LogP contribution in [0.4, 0.5) is 0 Å². The number of ether oxygens (including phenoxy) is 1. The average Bonchev–Trinajstić information content (AvgIpc) is 2.77. The van der Waals surface area contributed by atoms with Gasteiger partial charge in [-0.2, -0.15) is 0 Å². The standard InChI is InChI=1S/C25H31BrCl2N2O3/c1-5-11-29-25(32)22(6-2)30(14-18-7-9-19(27)13-21(18)28)24(31)15-33-23-10-8-17(16(3)4)12-20(23)26/h7-10,12-13,16,22H,5-6,11,14-15H2,1-4H3,(H,29,32)/t22-/m0/s1. The molecule has 8 heteroatoms. The van der Waals surface area contributed by atoms with E-state index in [1.165, 1.54) is 10.5 Å². The van der Waals surface area contributed by atoms with Crippen LogP contribution in [0.3, 0.4) is 0 Å². The van der Waals surface area contributed by atoms with E-state index < -0.39 is 6.04 Å². The van der Waals surface area contributed by atoms with Crippen molar-refractivity contribution in [1.82, 2.24) is 10.2 Å². The summed E-state index contributed by atoms with van der Waals surface area (Å²) < 4.78 is 6.61. The lowest BCUT2D eigenvalue weighted by atomic mass is 10.0. The minimum Gasteiger partial charge on any atom is -0.483 e. The van der Waals surface area contributed by atoms with Gasteiger partial charge in [0.1, 0.15) is 11.8 Å². The number of carbonyl (C=O) groups excluding carboxylic acids is 2. The summed E-state index contributed by atoms with van der Waals surface area (Å²) in [6.07, 6.45) is 1.27. The third-order valence-corrected chi connectivity index (χ3v) is 6.47. The summed E-state index contributed by atoms with van der Waals surface area (Å²) in [6.45, 7) is 8.59. The smallest absolute Gasteiger partial charge is 0.261 e. The summed E-state index contributed by atoms with van der Waals surface area (Å²) in [5, 5.41) is 3.84. The minimum absolute atomic E-state index is 0.170. The van der Waals surface area contributed by atoms with Gasteiger partial charge in [0.25, 0.3) is 5.91 Å². The molecule has 0 aliphatic heterocycles. The third kappa shape index (κ3) is 7.90. The van der Waals surface area contributed by atoms with Crippen LogP contribution >= 0.6 is 39.1 Å². The molecular formula is C25H31BrCl2N2O3. The van der Waals surface area contributed by atoms with E-state index in [0.29, 0.717) is 40.2 Å². The van der Waals surface area contributed by atoms with Crippen LogP contribution in [0.15, 0.2) is 40.9 Å². The molecule has 0 aliphatic carbocycles. The van der Waals surface area contributed by atoms with Gasteiger partial charge in [0.05, 0.1) is 4.47 Å². The Kier molecular flexibility index (Phi) is 11.0. The zero-order chi connectivity index (χ0) is 24.5. The molecule has 180 valence electrons. The third-order valence-electron chi connectivity index (χ3n) is 5.26. The van der Waals surface area contributed by atoms with Gasteiger partial charge in [0.2, 0.25) is 5.91 Å². The molecule has 0 bridgehead atoms. The second-order valence-electron chi connectivity index (χ2n) is 8.11. The minimum atomic E-state index is -0.647. The Hall–Kier alpha value is -1.76. The Morgan fingerprint density at radius 3 is 2.42 bits per heavy atom. The lowest BCUT2D eigenvalue weighted by Gasteiger charge is -2.31. The highest BCUT2D eigenvalue weighted by Crippen LogP contribution is 2.29. The van der Waals surface area contributed by atoms with E-state index in [2.05, 4.69) is 35.1 Å². The molecule has 0 saturated carbocycles. The van der Waals surface area contributed by atoms with Gasteiger partial charge in [0.15, 0.2) is 6.61 Å². The Balaban J connectivity index is 2.25. The van der Waals surface area contributed by atoms with Crippen molar-refractivity contribution in [3.63, 3.8) is 0 Å². The first-order valence-corrected chi connectivity index (χ1v) is 12.7. The predicted octanol–water partition coefficient (Wildman–Crippen LogP) is 6.59. The summed E-state index contributed by atoms with van der Waals surface area (Å²) in [7, 11) is 0. The number of nitrogens with zero attached hydrogens (tertiary/aromatic N) is 1. The molecule has 0 aromatic heterocycles. The van der Waals surface area contributed by atoms with Gasteiger partial charge in [-0.3, -0.25) is 9.59 Å². The SMILES string of the molecule is CCCNC(=O)[C@H](CC)N(Cc1ccc(Cl)cc1Cl)C(=O)COc1ccc(C(C)C)cc1Br. The number of hydrogen-bond donors (Lipinski definition) is 1. The number of rotatable bonds is 11. The van der Waals surface area contributed by atoms with Crippen molar-refractivity contribution < 1.29 is 14.3 Å². The maximum Gasteiger partial charge on any atom is 0.261 e. The maximum atomic E-state index is 13.3. The first-order chi connectivity index (χ1) is 15.7. The van der Waals surface area contributed by atoms with Gasteiger partial charge < -0.3 is 15.0 Å². The van der Waals surface area contributed by atoms with Gasteiger partial charge in [0, 0.05) is 23.1 Å². The number of nitrogens with one attached hydrogen (secondary N) is 1. The van der Waals surface area contributed by atoms with Crippen LogP contribution in [0.2, 0.25) is 10.0 Å². The molecule has 2 aromatic carbocycles. The summed E-state index contributed by atoms with van der Waals surface area (Å²) in [5.74, 6) is 0.448. The maximum absolute atomic E-state index is 13.3. The number of hydrogen-bond acceptors (Lipinski definition) is 3. The van der Waals surface area contributed by atoms with Crippen LogP contribution in [0.25, 0.3) is 0 Å². The zero-order valence-corrected chi connectivity index (χ0v) is 22.6. The second kappa shape index (κ2) is 13.2. The van der Waals surface area contributed by atoms with Crippen molar-refractivity contribution in [3.8, 4) is 5.75 Å². The summed E-state index contributed by atoms with van der Waals surface area (Å²) >= 11 is 15.9. The molecule has 0 unspecified atom stereocenters. The monoisotopic (exact) mass is 556 g/mol. The zero-order valence-electron chi connectivity index (χ0n) is 19.5. The molecule has 2 amide bonds. The van der Waals surface area contributed by atoms with Crippen LogP contribution in [-0.4, -0.2) is 35.9 Å². The number of benzene rings is 2. The van der Waals surface area contributed by atoms with Crippen LogP contribution in [-0.2, 0) is 16.1 Å². The van der Waals surface area contributed by atoms with E-state index in [1.807, 2.05) is 32.0 Å². The van der Waals surface area contributed by atoms with Gasteiger partial charge in [-0.1, -0.05) is 63.0 Å². The van der Waals surface area contributed by atoms with E-state index in [0.717, 1.165) is 10.9 Å².